The van der Waals surface area contributed by atoms with Crippen LogP contribution in [-0.4, -0.2) is 29.1 Å². The van der Waals surface area contributed by atoms with Gasteiger partial charge in [-0.2, -0.15) is 0 Å². The Morgan fingerprint density at radius 1 is 1.36 bits per heavy atom. The number of hydrogen-bond acceptors (Lipinski definition) is 4. The molecule has 0 radical (unpaired) electrons. The minimum atomic E-state index is 0.483. The van der Waals surface area contributed by atoms with Gasteiger partial charge in [0.15, 0.2) is 0 Å². The molecule has 1 aliphatic heterocycles. The molecule has 1 aliphatic rings. The summed E-state index contributed by atoms with van der Waals surface area (Å²) in [5.41, 5.74) is 2.04. The van der Waals surface area contributed by atoms with Crippen LogP contribution in [0.25, 0.3) is 0 Å². The summed E-state index contributed by atoms with van der Waals surface area (Å²) in [5, 5.41) is 6.64. The van der Waals surface area contributed by atoms with Crippen molar-refractivity contribution >= 4 is 5.95 Å². The quantitative estimate of drug-likeness (QED) is 0.730. The molecule has 2 rings (SSSR count). The fourth-order valence-electron chi connectivity index (χ4n) is 1.75. The van der Waals surface area contributed by atoms with Crippen LogP contribution >= 0.6 is 0 Å². The van der Waals surface area contributed by atoms with Gasteiger partial charge in [0.25, 0.3) is 0 Å². The summed E-state index contributed by atoms with van der Waals surface area (Å²) in [6, 6.07) is 2.47. The molecule has 0 saturated carbocycles. The molecule has 1 aromatic rings. The zero-order valence-electron chi connectivity index (χ0n) is 8.67. The van der Waals surface area contributed by atoms with E-state index in [2.05, 4.69) is 20.6 Å². The van der Waals surface area contributed by atoms with E-state index in [0.29, 0.717) is 6.04 Å². The lowest BCUT2D eigenvalue weighted by Crippen LogP contribution is -2.23. The summed E-state index contributed by atoms with van der Waals surface area (Å²) in [5.74, 6) is 0.760. The first kappa shape index (κ1) is 9.40. The smallest absolute Gasteiger partial charge is 0.223 e. The molecular weight excluding hydrogens is 176 g/mol. The van der Waals surface area contributed by atoms with Crippen molar-refractivity contribution in [1.29, 1.82) is 0 Å². The predicted octanol–water partition coefficient (Wildman–Crippen LogP) is 0.867. The van der Waals surface area contributed by atoms with E-state index in [1.807, 2.05) is 19.9 Å². The highest BCUT2D eigenvalue weighted by Gasteiger charge is 2.14. The maximum absolute atomic E-state index is 4.35. The molecule has 1 fully saturated rings. The van der Waals surface area contributed by atoms with Crippen LogP contribution in [0.5, 0.6) is 0 Å². The Bertz CT molecular complexity index is 298. The van der Waals surface area contributed by atoms with Crippen LogP contribution in [0.4, 0.5) is 5.95 Å². The number of anilines is 1. The van der Waals surface area contributed by atoms with Crippen LogP contribution in [-0.2, 0) is 0 Å². The number of nitrogens with one attached hydrogen (secondary N) is 2. The van der Waals surface area contributed by atoms with E-state index in [4.69, 9.17) is 0 Å². The molecule has 1 unspecified atom stereocenters. The minimum absolute atomic E-state index is 0.483. The molecule has 0 amide bonds. The molecular formula is C10H16N4. The highest BCUT2D eigenvalue weighted by atomic mass is 15.1. The van der Waals surface area contributed by atoms with Gasteiger partial charge in [0.1, 0.15) is 0 Å². The van der Waals surface area contributed by atoms with Crippen LogP contribution in [0.15, 0.2) is 6.07 Å². The number of aryl methyl sites for hydroxylation is 2. The molecule has 0 aromatic carbocycles. The fraction of sp³-hybridized carbons (Fsp3) is 0.600. The van der Waals surface area contributed by atoms with Crippen LogP contribution in [0.3, 0.4) is 0 Å². The molecule has 2 heterocycles. The molecule has 0 bridgehead atoms. The maximum atomic E-state index is 4.35. The van der Waals surface area contributed by atoms with Gasteiger partial charge in [-0.1, -0.05) is 0 Å². The lowest BCUT2D eigenvalue weighted by atomic mass is 10.3. The largest absolute Gasteiger partial charge is 0.350 e. The molecule has 1 aromatic heterocycles. The Morgan fingerprint density at radius 2 is 2.07 bits per heavy atom. The van der Waals surface area contributed by atoms with Gasteiger partial charge in [0.2, 0.25) is 5.95 Å². The van der Waals surface area contributed by atoms with E-state index in [0.717, 1.165) is 36.8 Å². The second kappa shape index (κ2) is 3.92. The minimum Gasteiger partial charge on any atom is -0.350 e. The van der Waals surface area contributed by atoms with Gasteiger partial charge in [-0.3, -0.25) is 0 Å². The van der Waals surface area contributed by atoms with Crippen molar-refractivity contribution in [3.8, 4) is 0 Å². The van der Waals surface area contributed by atoms with Gasteiger partial charge in [-0.25, -0.2) is 9.97 Å². The van der Waals surface area contributed by atoms with E-state index in [9.17, 15) is 0 Å². The highest BCUT2D eigenvalue weighted by molar-refractivity contribution is 5.29. The third-order valence-corrected chi connectivity index (χ3v) is 2.38. The number of hydrogen-bond donors (Lipinski definition) is 2. The lowest BCUT2D eigenvalue weighted by molar-refractivity contribution is 0.777. The molecule has 2 N–H and O–H groups in total. The molecule has 1 saturated heterocycles. The Labute approximate surface area is 84.2 Å². The van der Waals surface area contributed by atoms with Crippen molar-refractivity contribution < 1.29 is 0 Å². The van der Waals surface area contributed by atoms with Gasteiger partial charge in [0, 0.05) is 24.0 Å². The Kier molecular flexibility index (Phi) is 2.63. The summed E-state index contributed by atoms with van der Waals surface area (Å²) in [4.78, 5) is 8.70. The summed E-state index contributed by atoms with van der Waals surface area (Å²) in [6.45, 7) is 6.08. The van der Waals surface area contributed by atoms with Gasteiger partial charge in [-0.05, 0) is 32.9 Å². The zero-order chi connectivity index (χ0) is 9.97. The normalized spacial score (nSPS) is 21.1. The summed E-state index contributed by atoms with van der Waals surface area (Å²) in [6.07, 6.45) is 1.15. The average Bonchev–Trinajstić information content (AvgIpc) is 2.54. The number of aromatic nitrogens is 2. The standard InChI is InChI=1S/C10H16N4/c1-7-5-8(2)13-10(12-7)14-9-3-4-11-6-9/h5,9,11H,3-4,6H2,1-2H3,(H,12,13,14). The van der Waals surface area contributed by atoms with Crippen LogP contribution in [0.1, 0.15) is 17.8 Å². The molecule has 4 heteroatoms. The van der Waals surface area contributed by atoms with Crippen molar-refractivity contribution in [1.82, 2.24) is 15.3 Å². The van der Waals surface area contributed by atoms with Crippen molar-refractivity contribution in [2.45, 2.75) is 26.3 Å². The third kappa shape index (κ3) is 2.20. The summed E-state index contributed by atoms with van der Waals surface area (Å²) < 4.78 is 0. The number of rotatable bonds is 2. The molecule has 1 atom stereocenters. The first-order valence-electron chi connectivity index (χ1n) is 5.03. The first-order valence-corrected chi connectivity index (χ1v) is 5.03. The summed E-state index contributed by atoms with van der Waals surface area (Å²) in [7, 11) is 0. The zero-order valence-corrected chi connectivity index (χ0v) is 8.67. The molecule has 14 heavy (non-hydrogen) atoms. The molecule has 0 spiro atoms. The molecule has 4 nitrogen and oxygen atoms in total. The van der Waals surface area contributed by atoms with Gasteiger partial charge < -0.3 is 10.6 Å². The van der Waals surface area contributed by atoms with Gasteiger partial charge in [0.05, 0.1) is 0 Å². The van der Waals surface area contributed by atoms with Crippen LogP contribution in [0, 0.1) is 13.8 Å². The van der Waals surface area contributed by atoms with Crippen molar-refractivity contribution in [3.05, 3.63) is 17.5 Å². The predicted molar refractivity (Wildman–Crippen MR) is 56.4 cm³/mol. The van der Waals surface area contributed by atoms with Crippen molar-refractivity contribution in [2.75, 3.05) is 18.4 Å². The first-order chi connectivity index (χ1) is 6.74. The fourth-order valence-corrected chi connectivity index (χ4v) is 1.75. The Morgan fingerprint density at radius 3 is 2.64 bits per heavy atom. The Hall–Kier alpha value is -1.16. The summed E-state index contributed by atoms with van der Waals surface area (Å²) >= 11 is 0. The monoisotopic (exact) mass is 192 g/mol. The van der Waals surface area contributed by atoms with Gasteiger partial charge in [-0.15, -0.1) is 0 Å². The lowest BCUT2D eigenvalue weighted by Gasteiger charge is -2.11. The number of nitrogens with zero attached hydrogens (tertiary/aromatic N) is 2. The highest BCUT2D eigenvalue weighted by Crippen LogP contribution is 2.08. The Balaban J connectivity index is 2.07. The van der Waals surface area contributed by atoms with E-state index in [1.165, 1.54) is 0 Å². The van der Waals surface area contributed by atoms with E-state index in [-0.39, 0.29) is 0 Å². The van der Waals surface area contributed by atoms with Crippen LogP contribution in [0.2, 0.25) is 0 Å². The molecule has 0 aliphatic carbocycles. The van der Waals surface area contributed by atoms with E-state index in [1.54, 1.807) is 0 Å². The third-order valence-electron chi connectivity index (χ3n) is 2.38. The SMILES string of the molecule is Cc1cc(C)nc(NC2CCNC2)n1. The van der Waals surface area contributed by atoms with Crippen LogP contribution < -0.4 is 10.6 Å². The van der Waals surface area contributed by atoms with Gasteiger partial charge >= 0.3 is 0 Å². The second-order valence-electron chi connectivity index (χ2n) is 3.81. The maximum Gasteiger partial charge on any atom is 0.223 e. The topological polar surface area (TPSA) is 49.8 Å². The average molecular weight is 192 g/mol. The van der Waals surface area contributed by atoms with E-state index < -0.39 is 0 Å². The molecule has 76 valence electrons. The van der Waals surface area contributed by atoms with E-state index >= 15 is 0 Å². The van der Waals surface area contributed by atoms with Crippen molar-refractivity contribution in [2.24, 2.45) is 0 Å². The second-order valence-corrected chi connectivity index (χ2v) is 3.81. The van der Waals surface area contributed by atoms with Crippen molar-refractivity contribution in [3.63, 3.8) is 0 Å².